The number of hydrogen-bond acceptors (Lipinski definition) is 5. The lowest BCUT2D eigenvalue weighted by Crippen LogP contribution is -2.35. The highest BCUT2D eigenvalue weighted by Crippen LogP contribution is 2.35. The van der Waals surface area contributed by atoms with Gasteiger partial charge in [-0.1, -0.05) is 12.1 Å². The quantitative estimate of drug-likeness (QED) is 0.767. The number of rotatable bonds is 4. The normalized spacial score (nSPS) is 15.9. The zero-order chi connectivity index (χ0) is 19.0. The van der Waals surface area contributed by atoms with Crippen LogP contribution in [0, 0.1) is 19.8 Å². The van der Waals surface area contributed by atoms with E-state index in [0.29, 0.717) is 24.5 Å². The molecule has 140 valence electrons. The molecule has 0 unspecified atom stereocenters. The Morgan fingerprint density at radius 3 is 3.04 bits per heavy atom. The first kappa shape index (κ1) is 17.3. The molecule has 1 aromatic carbocycles. The van der Waals surface area contributed by atoms with Gasteiger partial charge in [-0.05, 0) is 38.0 Å². The predicted octanol–water partition coefficient (Wildman–Crippen LogP) is 2.34. The Kier molecular flexibility index (Phi) is 4.43. The molecular weight excluding hydrogens is 344 g/mol. The van der Waals surface area contributed by atoms with Gasteiger partial charge in [-0.15, -0.1) is 0 Å². The molecule has 1 N–H and O–H groups in total. The number of nitrogens with one attached hydrogen (secondary N) is 1. The zero-order valence-corrected chi connectivity index (χ0v) is 15.7. The van der Waals surface area contributed by atoms with E-state index in [4.69, 9.17) is 9.47 Å². The number of fused-ring (bicyclic) bond motifs is 2. The Bertz CT molecular complexity index is 1010. The van der Waals surface area contributed by atoms with Gasteiger partial charge in [0.05, 0.1) is 19.4 Å². The van der Waals surface area contributed by atoms with Crippen LogP contribution in [0.4, 0.5) is 0 Å². The number of benzene rings is 1. The third-order valence-electron chi connectivity index (χ3n) is 4.76. The van der Waals surface area contributed by atoms with Crippen molar-refractivity contribution in [3.8, 4) is 11.5 Å². The van der Waals surface area contributed by atoms with Gasteiger partial charge in [0.1, 0.15) is 5.69 Å². The summed E-state index contributed by atoms with van der Waals surface area (Å²) in [7, 11) is 1.64. The van der Waals surface area contributed by atoms with Crippen LogP contribution in [0.2, 0.25) is 0 Å². The number of hydrogen-bond donors (Lipinski definition) is 1. The van der Waals surface area contributed by atoms with Crippen molar-refractivity contribution >= 4 is 11.6 Å². The smallest absolute Gasteiger partial charge is 0.270 e. The second-order valence-corrected chi connectivity index (χ2v) is 6.88. The van der Waals surface area contributed by atoms with Gasteiger partial charge in [0.25, 0.3) is 5.91 Å². The predicted molar refractivity (Wildman–Crippen MR) is 100 cm³/mol. The molecule has 2 aromatic heterocycles. The topological polar surface area (TPSA) is 77.8 Å². The summed E-state index contributed by atoms with van der Waals surface area (Å²) in [6, 6.07) is 9.50. The van der Waals surface area contributed by atoms with Crippen LogP contribution in [0.25, 0.3) is 5.65 Å². The number of ether oxygens (including phenoxy) is 2. The van der Waals surface area contributed by atoms with Crippen molar-refractivity contribution < 1.29 is 14.3 Å². The monoisotopic (exact) mass is 366 g/mol. The Morgan fingerprint density at radius 1 is 1.37 bits per heavy atom. The van der Waals surface area contributed by atoms with E-state index >= 15 is 0 Å². The number of para-hydroxylation sites is 1. The number of aromatic nitrogens is 3. The van der Waals surface area contributed by atoms with Gasteiger partial charge in [0, 0.05) is 24.2 Å². The highest BCUT2D eigenvalue weighted by molar-refractivity contribution is 5.92. The number of aryl methyl sites for hydroxylation is 2. The van der Waals surface area contributed by atoms with E-state index in [1.54, 1.807) is 17.7 Å². The molecule has 0 saturated heterocycles. The second-order valence-electron chi connectivity index (χ2n) is 6.88. The first-order valence-electron chi connectivity index (χ1n) is 8.96. The molecule has 7 nitrogen and oxygen atoms in total. The van der Waals surface area contributed by atoms with Crippen molar-refractivity contribution in [3.63, 3.8) is 0 Å². The second kappa shape index (κ2) is 6.90. The summed E-state index contributed by atoms with van der Waals surface area (Å²) in [6.45, 7) is 4.89. The van der Waals surface area contributed by atoms with E-state index in [1.807, 2.05) is 38.1 Å². The molecule has 1 amide bonds. The average Bonchev–Trinajstić information content (AvgIpc) is 3.06. The number of carbonyl (C=O) groups is 1. The van der Waals surface area contributed by atoms with Gasteiger partial charge < -0.3 is 14.8 Å². The molecule has 4 rings (SSSR count). The average molecular weight is 366 g/mol. The van der Waals surface area contributed by atoms with Gasteiger partial charge in [-0.2, -0.15) is 5.10 Å². The summed E-state index contributed by atoms with van der Waals surface area (Å²) in [5.74, 6) is 1.58. The van der Waals surface area contributed by atoms with Crippen molar-refractivity contribution in [2.75, 3.05) is 20.3 Å². The third-order valence-corrected chi connectivity index (χ3v) is 4.76. The van der Waals surface area contributed by atoms with Gasteiger partial charge >= 0.3 is 0 Å². The maximum Gasteiger partial charge on any atom is 0.270 e. The Labute approximate surface area is 157 Å². The van der Waals surface area contributed by atoms with Crippen LogP contribution >= 0.6 is 0 Å². The summed E-state index contributed by atoms with van der Waals surface area (Å²) in [5, 5.41) is 7.35. The van der Waals surface area contributed by atoms with Crippen LogP contribution < -0.4 is 14.8 Å². The van der Waals surface area contributed by atoms with E-state index in [1.165, 1.54) is 0 Å². The fourth-order valence-electron chi connectivity index (χ4n) is 3.43. The van der Waals surface area contributed by atoms with Gasteiger partial charge in [-0.3, -0.25) is 4.79 Å². The highest BCUT2D eigenvalue weighted by atomic mass is 16.5. The summed E-state index contributed by atoms with van der Waals surface area (Å²) in [4.78, 5) is 17.0. The molecule has 1 atom stereocenters. The molecule has 3 aromatic rings. The van der Waals surface area contributed by atoms with Crippen LogP contribution in [0.3, 0.4) is 0 Å². The van der Waals surface area contributed by atoms with Crippen LogP contribution in [-0.2, 0) is 6.42 Å². The van der Waals surface area contributed by atoms with Gasteiger partial charge in [-0.25, -0.2) is 9.50 Å². The van der Waals surface area contributed by atoms with Crippen molar-refractivity contribution in [1.82, 2.24) is 19.9 Å². The van der Waals surface area contributed by atoms with Crippen LogP contribution in [0.1, 0.15) is 27.4 Å². The summed E-state index contributed by atoms with van der Waals surface area (Å²) in [6.07, 6.45) is 0.833. The van der Waals surface area contributed by atoms with E-state index in [-0.39, 0.29) is 11.8 Å². The van der Waals surface area contributed by atoms with E-state index < -0.39 is 0 Å². The van der Waals surface area contributed by atoms with Crippen LogP contribution in [-0.4, -0.2) is 40.8 Å². The molecule has 0 radical (unpaired) electrons. The molecular formula is C20H22N4O3. The Balaban J connectivity index is 1.44. The minimum absolute atomic E-state index is 0.184. The minimum atomic E-state index is -0.184. The fraction of sp³-hybridized carbons (Fsp3) is 0.350. The maximum atomic E-state index is 12.6. The lowest BCUT2D eigenvalue weighted by Gasteiger charge is -2.26. The molecule has 0 bridgehead atoms. The minimum Gasteiger partial charge on any atom is -0.493 e. The van der Waals surface area contributed by atoms with Crippen molar-refractivity contribution in [2.24, 2.45) is 5.92 Å². The first-order valence-corrected chi connectivity index (χ1v) is 8.96. The molecule has 1 aliphatic rings. The molecule has 3 heterocycles. The molecule has 7 heteroatoms. The largest absolute Gasteiger partial charge is 0.493 e. The zero-order valence-electron chi connectivity index (χ0n) is 15.7. The van der Waals surface area contributed by atoms with Gasteiger partial charge in [0.2, 0.25) is 0 Å². The number of nitrogens with zero attached hydrogens (tertiary/aromatic N) is 3. The van der Waals surface area contributed by atoms with Crippen LogP contribution in [0.5, 0.6) is 11.5 Å². The summed E-state index contributed by atoms with van der Waals surface area (Å²) < 4.78 is 13.0. The third kappa shape index (κ3) is 3.32. The lowest BCUT2D eigenvalue weighted by atomic mass is 9.96. The molecule has 1 aliphatic heterocycles. The highest BCUT2D eigenvalue weighted by Gasteiger charge is 2.23. The number of methoxy groups -OCH3 is 1. The summed E-state index contributed by atoms with van der Waals surface area (Å²) >= 11 is 0. The summed E-state index contributed by atoms with van der Waals surface area (Å²) in [5.41, 5.74) is 3.93. The Morgan fingerprint density at radius 2 is 2.22 bits per heavy atom. The molecule has 27 heavy (non-hydrogen) atoms. The number of amides is 1. The van der Waals surface area contributed by atoms with E-state index in [2.05, 4.69) is 15.4 Å². The Hall–Kier alpha value is -3.09. The lowest BCUT2D eigenvalue weighted by molar-refractivity contribution is 0.0933. The van der Waals surface area contributed by atoms with Crippen molar-refractivity contribution in [1.29, 1.82) is 0 Å². The standard InChI is InChI=1S/C20H22N4O3/c1-12-7-18-22-16(8-13(2)24(18)23-12)20(25)21-10-14-9-15-5-4-6-17(26-3)19(15)27-11-14/h4-8,14H,9-11H2,1-3H3,(H,21,25)/t14-/m1/s1. The SMILES string of the molecule is COc1cccc2c1OC[C@@H](CNC(=O)c1cc(C)n3nc(C)cc3n1)C2. The van der Waals surface area contributed by atoms with Crippen LogP contribution in [0.15, 0.2) is 30.3 Å². The molecule has 0 aliphatic carbocycles. The van der Waals surface area contributed by atoms with Crippen molar-refractivity contribution in [2.45, 2.75) is 20.3 Å². The molecule has 0 saturated carbocycles. The fourth-order valence-corrected chi connectivity index (χ4v) is 3.43. The van der Waals surface area contributed by atoms with E-state index in [9.17, 15) is 4.79 Å². The number of carbonyl (C=O) groups excluding carboxylic acids is 1. The molecule has 0 fully saturated rings. The molecule has 0 spiro atoms. The van der Waals surface area contributed by atoms with Gasteiger partial charge in [0.15, 0.2) is 17.1 Å². The van der Waals surface area contributed by atoms with E-state index in [0.717, 1.165) is 34.9 Å². The van der Waals surface area contributed by atoms with Crippen molar-refractivity contribution in [3.05, 3.63) is 53.0 Å². The first-order chi connectivity index (χ1) is 13.0. The maximum absolute atomic E-state index is 12.6.